The molecule has 0 saturated carbocycles. The van der Waals surface area contributed by atoms with Crippen LogP contribution in [0.1, 0.15) is 13.3 Å². The summed E-state index contributed by atoms with van der Waals surface area (Å²) in [7, 11) is -2.98. The van der Waals surface area contributed by atoms with E-state index in [4.69, 9.17) is 10.5 Å². The quantitative estimate of drug-likeness (QED) is 0.624. The first-order valence-electron chi connectivity index (χ1n) is 5.33. The highest BCUT2D eigenvalue weighted by Gasteiger charge is 2.08. The van der Waals surface area contributed by atoms with Crippen LogP contribution in [0, 0.1) is 5.82 Å². The summed E-state index contributed by atoms with van der Waals surface area (Å²) in [5.74, 6) is -0.278. The van der Waals surface area contributed by atoms with Gasteiger partial charge in [-0.25, -0.2) is 12.8 Å². The zero-order valence-electron chi connectivity index (χ0n) is 9.65. The van der Waals surface area contributed by atoms with Crippen LogP contribution in [0.25, 0.3) is 0 Å². The van der Waals surface area contributed by atoms with Gasteiger partial charge in [0.25, 0.3) is 0 Å². The number of halogens is 1. The topological polar surface area (TPSA) is 69.4 Å². The highest BCUT2D eigenvalue weighted by Crippen LogP contribution is 2.19. The van der Waals surface area contributed by atoms with Crippen molar-refractivity contribution in [3.05, 3.63) is 24.0 Å². The van der Waals surface area contributed by atoms with Gasteiger partial charge in [-0.1, -0.05) is 6.92 Å². The number of hydrogen-bond donors (Lipinski definition) is 1. The second kappa shape index (κ2) is 5.86. The number of nitrogen functional groups attached to an aromatic ring is 1. The molecule has 1 aromatic rings. The normalized spacial score (nSPS) is 11.4. The van der Waals surface area contributed by atoms with Crippen molar-refractivity contribution in [2.75, 3.05) is 23.8 Å². The Morgan fingerprint density at radius 2 is 2.12 bits per heavy atom. The van der Waals surface area contributed by atoms with Crippen LogP contribution in [0.5, 0.6) is 5.75 Å². The molecule has 0 aliphatic carbocycles. The van der Waals surface area contributed by atoms with Gasteiger partial charge in [0.05, 0.1) is 12.4 Å². The van der Waals surface area contributed by atoms with Crippen molar-refractivity contribution in [1.82, 2.24) is 0 Å². The molecule has 0 aliphatic rings. The highest BCUT2D eigenvalue weighted by atomic mass is 32.2. The third-order valence-corrected chi connectivity index (χ3v) is 4.04. The first-order valence-corrected chi connectivity index (χ1v) is 7.15. The minimum Gasteiger partial charge on any atom is -0.490 e. The van der Waals surface area contributed by atoms with Crippen molar-refractivity contribution in [3.8, 4) is 5.75 Å². The zero-order valence-corrected chi connectivity index (χ0v) is 10.5. The molecule has 0 saturated heterocycles. The van der Waals surface area contributed by atoms with Crippen LogP contribution in [0.4, 0.5) is 10.1 Å². The summed E-state index contributed by atoms with van der Waals surface area (Å²) in [6.45, 7) is 1.76. The standard InChI is InChI=1S/C11H16FNO3S/c1-2-17(14,15)7-3-6-16-11-5-4-9(13)8-10(11)12/h4-5,8H,2-3,6-7,13H2,1H3. The van der Waals surface area contributed by atoms with E-state index in [0.717, 1.165) is 6.07 Å². The van der Waals surface area contributed by atoms with Crippen molar-refractivity contribution < 1.29 is 17.5 Å². The molecule has 96 valence electrons. The molecule has 0 amide bonds. The second-order valence-corrected chi connectivity index (χ2v) is 6.10. The molecule has 0 bridgehead atoms. The minimum absolute atomic E-state index is 0.0556. The average molecular weight is 261 g/mol. The van der Waals surface area contributed by atoms with Gasteiger partial charge in [0.2, 0.25) is 0 Å². The molecule has 1 rings (SSSR count). The van der Waals surface area contributed by atoms with Gasteiger partial charge in [0.1, 0.15) is 9.84 Å². The largest absolute Gasteiger partial charge is 0.490 e. The summed E-state index contributed by atoms with van der Waals surface area (Å²) in [6, 6.07) is 4.12. The monoisotopic (exact) mass is 261 g/mol. The number of benzene rings is 1. The number of ether oxygens (including phenoxy) is 1. The zero-order chi connectivity index (χ0) is 12.9. The van der Waals surface area contributed by atoms with E-state index in [1.165, 1.54) is 12.1 Å². The molecule has 1 aromatic carbocycles. The van der Waals surface area contributed by atoms with Crippen molar-refractivity contribution in [2.45, 2.75) is 13.3 Å². The molecule has 6 heteroatoms. The minimum atomic E-state index is -2.98. The second-order valence-electron chi connectivity index (χ2n) is 3.63. The Morgan fingerprint density at radius 3 is 2.71 bits per heavy atom. The Labute approximate surface area is 101 Å². The summed E-state index contributed by atoms with van der Waals surface area (Å²) >= 11 is 0. The maximum Gasteiger partial charge on any atom is 0.167 e. The Hall–Kier alpha value is -1.30. The van der Waals surface area contributed by atoms with Crippen LogP contribution >= 0.6 is 0 Å². The summed E-state index contributed by atoms with van der Waals surface area (Å²) in [5, 5.41) is 0. The van der Waals surface area contributed by atoms with Crippen LogP contribution in [-0.2, 0) is 9.84 Å². The predicted octanol–water partition coefficient (Wildman–Crippen LogP) is 1.61. The lowest BCUT2D eigenvalue weighted by Crippen LogP contribution is -2.12. The molecule has 0 aliphatic heterocycles. The molecular formula is C11H16FNO3S. The molecule has 0 aromatic heterocycles. The highest BCUT2D eigenvalue weighted by molar-refractivity contribution is 7.91. The van der Waals surface area contributed by atoms with Gasteiger partial charge in [-0.05, 0) is 18.6 Å². The molecule has 17 heavy (non-hydrogen) atoms. The predicted molar refractivity (Wildman–Crippen MR) is 65.3 cm³/mol. The molecule has 4 nitrogen and oxygen atoms in total. The third-order valence-electron chi connectivity index (χ3n) is 2.25. The van der Waals surface area contributed by atoms with E-state index in [2.05, 4.69) is 0 Å². The Balaban J connectivity index is 2.41. The summed E-state index contributed by atoms with van der Waals surface area (Å²) in [4.78, 5) is 0. The summed E-state index contributed by atoms with van der Waals surface area (Å²) < 4.78 is 40.7. The molecule has 0 heterocycles. The smallest absolute Gasteiger partial charge is 0.167 e. The van der Waals surface area contributed by atoms with Crippen LogP contribution < -0.4 is 10.5 Å². The number of sulfone groups is 1. The van der Waals surface area contributed by atoms with Crippen LogP contribution in [0.15, 0.2) is 18.2 Å². The average Bonchev–Trinajstić information content (AvgIpc) is 2.27. The van der Waals surface area contributed by atoms with E-state index < -0.39 is 15.7 Å². The Bertz CT molecular complexity index is 474. The lowest BCUT2D eigenvalue weighted by Gasteiger charge is -2.07. The number of nitrogens with two attached hydrogens (primary N) is 1. The van der Waals surface area contributed by atoms with Crippen molar-refractivity contribution in [1.29, 1.82) is 0 Å². The summed E-state index contributed by atoms with van der Waals surface area (Å²) in [6.07, 6.45) is 0.347. The molecular weight excluding hydrogens is 245 g/mol. The fourth-order valence-corrected chi connectivity index (χ4v) is 2.09. The van der Waals surface area contributed by atoms with Gasteiger partial charge in [0, 0.05) is 17.5 Å². The first kappa shape index (κ1) is 13.8. The molecule has 0 fully saturated rings. The number of rotatable bonds is 6. The van der Waals surface area contributed by atoms with Crippen LogP contribution in [0.2, 0.25) is 0 Å². The molecule has 0 atom stereocenters. The SMILES string of the molecule is CCS(=O)(=O)CCCOc1ccc(N)cc1F. The van der Waals surface area contributed by atoms with Crippen molar-refractivity contribution >= 4 is 15.5 Å². The van der Waals surface area contributed by atoms with Gasteiger partial charge in [-0.3, -0.25) is 0 Å². The van der Waals surface area contributed by atoms with Crippen LogP contribution in [0.3, 0.4) is 0 Å². The Morgan fingerprint density at radius 1 is 1.41 bits per heavy atom. The van der Waals surface area contributed by atoms with E-state index in [0.29, 0.717) is 12.1 Å². The lowest BCUT2D eigenvalue weighted by atomic mass is 10.3. The molecule has 0 spiro atoms. The first-order chi connectivity index (χ1) is 7.94. The van der Waals surface area contributed by atoms with Gasteiger partial charge in [0.15, 0.2) is 11.6 Å². The van der Waals surface area contributed by atoms with Crippen molar-refractivity contribution in [3.63, 3.8) is 0 Å². The van der Waals surface area contributed by atoms with Crippen LogP contribution in [-0.4, -0.2) is 26.5 Å². The number of hydrogen-bond acceptors (Lipinski definition) is 4. The molecule has 0 unspecified atom stereocenters. The maximum atomic E-state index is 13.3. The maximum absolute atomic E-state index is 13.3. The molecule has 2 N–H and O–H groups in total. The lowest BCUT2D eigenvalue weighted by molar-refractivity contribution is 0.301. The fraction of sp³-hybridized carbons (Fsp3) is 0.455. The van der Waals surface area contributed by atoms with E-state index in [9.17, 15) is 12.8 Å². The number of anilines is 1. The van der Waals surface area contributed by atoms with Crippen molar-refractivity contribution in [2.24, 2.45) is 0 Å². The van der Waals surface area contributed by atoms with Gasteiger partial charge >= 0.3 is 0 Å². The molecule has 0 radical (unpaired) electrons. The third kappa shape index (κ3) is 4.60. The van der Waals surface area contributed by atoms with Gasteiger partial charge in [-0.15, -0.1) is 0 Å². The van der Waals surface area contributed by atoms with E-state index in [1.807, 2.05) is 0 Å². The Kier molecular flexibility index (Phi) is 4.74. The summed E-state index contributed by atoms with van der Waals surface area (Å²) in [5.41, 5.74) is 5.71. The fourth-order valence-electron chi connectivity index (χ4n) is 1.24. The van der Waals surface area contributed by atoms with Gasteiger partial charge in [-0.2, -0.15) is 0 Å². The van der Waals surface area contributed by atoms with E-state index >= 15 is 0 Å². The van der Waals surface area contributed by atoms with Gasteiger partial charge < -0.3 is 10.5 Å². The van der Waals surface area contributed by atoms with E-state index in [1.54, 1.807) is 6.92 Å². The van der Waals surface area contributed by atoms with E-state index in [-0.39, 0.29) is 23.9 Å².